The average Bonchev–Trinajstić information content (AvgIpc) is 2.69. The smallest absolute Gasteiger partial charge is 0.338 e. The number of carbonyl (C=O) groups is 1. The molecule has 1 unspecified atom stereocenters. The maximum atomic E-state index is 12.9. The number of methoxy groups -OCH3 is 1. The highest BCUT2D eigenvalue weighted by Crippen LogP contribution is 2.37. The zero-order valence-corrected chi connectivity index (χ0v) is 17.7. The second-order valence-electron chi connectivity index (χ2n) is 6.70. The molecule has 0 radical (unpaired) electrons. The highest BCUT2D eigenvalue weighted by molar-refractivity contribution is 7.80. The zero-order chi connectivity index (χ0) is 21.1. The van der Waals surface area contributed by atoms with Gasteiger partial charge in [-0.3, -0.25) is 4.90 Å². The third-order valence-electron chi connectivity index (χ3n) is 4.81. The molecule has 0 aliphatic carbocycles. The van der Waals surface area contributed by atoms with Crippen molar-refractivity contribution in [3.63, 3.8) is 0 Å². The molecular formula is C22H24N2O4S. The Morgan fingerprint density at radius 1 is 1.21 bits per heavy atom. The predicted molar refractivity (Wildman–Crippen MR) is 116 cm³/mol. The van der Waals surface area contributed by atoms with Gasteiger partial charge in [0.05, 0.1) is 25.3 Å². The Morgan fingerprint density at radius 3 is 2.52 bits per heavy atom. The molecule has 2 aromatic rings. The standard InChI is InChI=1S/C22H24N2O4S/c1-5-28-21(26)19-14(3)24(16-9-6-13(2)7-10-16)22(29)23-20(19)15-8-11-17(25)18(12-15)27-4/h6-12,20,25H,5H2,1-4H3,(H,23,29). The summed E-state index contributed by atoms with van der Waals surface area (Å²) in [5.41, 5.74) is 3.86. The van der Waals surface area contributed by atoms with Gasteiger partial charge in [0.2, 0.25) is 0 Å². The van der Waals surface area contributed by atoms with Gasteiger partial charge < -0.3 is 19.9 Å². The van der Waals surface area contributed by atoms with Crippen molar-refractivity contribution in [2.75, 3.05) is 18.6 Å². The van der Waals surface area contributed by atoms with Crippen LogP contribution in [0.15, 0.2) is 53.7 Å². The van der Waals surface area contributed by atoms with E-state index in [1.807, 2.05) is 43.0 Å². The van der Waals surface area contributed by atoms with Crippen LogP contribution in [0, 0.1) is 6.92 Å². The Kier molecular flexibility index (Phi) is 6.08. The Hall–Kier alpha value is -3.06. The quantitative estimate of drug-likeness (QED) is 0.568. The van der Waals surface area contributed by atoms with Gasteiger partial charge in [-0.05, 0) is 62.8 Å². The molecule has 1 aliphatic rings. The number of allylic oxidation sites excluding steroid dienone is 1. The molecule has 29 heavy (non-hydrogen) atoms. The number of ether oxygens (including phenoxy) is 2. The van der Waals surface area contributed by atoms with E-state index in [4.69, 9.17) is 21.7 Å². The van der Waals surface area contributed by atoms with Crippen molar-refractivity contribution >= 4 is 29.0 Å². The number of nitrogens with zero attached hydrogens (tertiary/aromatic N) is 1. The number of carbonyl (C=O) groups excluding carboxylic acids is 1. The lowest BCUT2D eigenvalue weighted by atomic mass is 9.94. The summed E-state index contributed by atoms with van der Waals surface area (Å²) in [4.78, 5) is 14.7. The van der Waals surface area contributed by atoms with Crippen molar-refractivity contribution < 1.29 is 19.4 Å². The lowest BCUT2D eigenvalue weighted by Gasteiger charge is -2.37. The number of aryl methyl sites for hydroxylation is 1. The van der Waals surface area contributed by atoms with Crippen LogP contribution < -0.4 is 15.0 Å². The molecule has 0 amide bonds. The first-order chi connectivity index (χ1) is 13.9. The van der Waals surface area contributed by atoms with Gasteiger partial charge in [-0.15, -0.1) is 0 Å². The fourth-order valence-corrected chi connectivity index (χ4v) is 3.70. The van der Waals surface area contributed by atoms with E-state index in [9.17, 15) is 9.90 Å². The molecule has 6 nitrogen and oxygen atoms in total. The third-order valence-corrected chi connectivity index (χ3v) is 5.11. The average molecular weight is 413 g/mol. The number of phenolic OH excluding ortho intramolecular Hbond substituents is 1. The molecule has 0 saturated heterocycles. The van der Waals surface area contributed by atoms with Gasteiger partial charge in [-0.25, -0.2) is 4.79 Å². The van der Waals surface area contributed by atoms with E-state index in [0.29, 0.717) is 22.1 Å². The molecule has 1 atom stereocenters. The molecule has 0 bridgehead atoms. The van der Waals surface area contributed by atoms with Crippen LogP contribution in [0.5, 0.6) is 11.5 Å². The summed E-state index contributed by atoms with van der Waals surface area (Å²) in [6.45, 7) is 5.89. The Balaban J connectivity index is 2.13. The number of aromatic hydroxyl groups is 1. The molecule has 0 aromatic heterocycles. The summed E-state index contributed by atoms with van der Waals surface area (Å²) in [5, 5.41) is 13.6. The number of rotatable bonds is 5. The van der Waals surface area contributed by atoms with Crippen LogP contribution in [0.25, 0.3) is 0 Å². The number of hydrogen-bond donors (Lipinski definition) is 2. The molecule has 0 fully saturated rings. The first-order valence-corrected chi connectivity index (χ1v) is 9.70. The number of phenols is 1. The SMILES string of the molecule is CCOC(=O)C1=C(C)N(c2ccc(C)cc2)C(=S)NC1c1ccc(O)c(OC)c1. The zero-order valence-electron chi connectivity index (χ0n) is 16.9. The van der Waals surface area contributed by atoms with Crippen LogP contribution in [0.2, 0.25) is 0 Å². The van der Waals surface area contributed by atoms with Crippen molar-refractivity contribution in [1.82, 2.24) is 5.32 Å². The van der Waals surface area contributed by atoms with E-state index in [1.165, 1.54) is 13.2 Å². The maximum Gasteiger partial charge on any atom is 0.338 e. The summed E-state index contributed by atoms with van der Waals surface area (Å²) in [5.74, 6) is -0.0829. The lowest BCUT2D eigenvalue weighted by Crippen LogP contribution is -2.48. The minimum atomic E-state index is -0.530. The summed E-state index contributed by atoms with van der Waals surface area (Å²) in [6, 6.07) is 12.3. The van der Waals surface area contributed by atoms with Crippen LogP contribution in [0.3, 0.4) is 0 Å². The molecular weight excluding hydrogens is 388 g/mol. The first kappa shape index (κ1) is 20.7. The number of anilines is 1. The van der Waals surface area contributed by atoms with Crippen LogP contribution >= 0.6 is 12.2 Å². The number of hydrogen-bond acceptors (Lipinski definition) is 5. The van der Waals surface area contributed by atoms with Crippen LogP contribution in [-0.2, 0) is 9.53 Å². The van der Waals surface area contributed by atoms with Crippen molar-refractivity contribution in [2.45, 2.75) is 26.8 Å². The highest BCUT2D eigenvalue weighted by Gasteiger charge is 2.35. The largest absolute Gasteiger partial charge is 0.504 e. The minimum absolute atomic E-state index is 0.0225. The molecule has 7 heteroatoms. The molecule has 1 heterocycles. The second kappa shape index (κ2) is 8.53. The monoisotopic (exact) mass is 412 g/mol. The van der Waals surface area contributed by atoms with Gasteiger partial charge in [0, 0.05) is 11.4 Å². The fourth-order valence-electron chi connectivity index (χ4n) is 3.34. The first-order valence-electron chi connectivity index (χ1n) is 9.29. The van der Waals surface area contributed by atoms with Gasteiger partial charge in [-0.2, -0.15) is 0 Å². The summed E-state index contributed by atoms with van der Waals surface area (Å²) < 4.78 is 10.6. The summed E-state index contributed by atoms with van der Waals surface area (Å²) >= 11 is 5.64. The minimum Gasteiger partial charge on any atom is -0.504 e. The predicted octanol–water partition coefficient (Wildman–Crippen LogP) is 3.98. The van der Waals surface area contributed by atoms with Crippen molar-refractivity contribution in [3.8, 4) is 11.5 Å². The van der Waals surface area contributed by atoms with Gasteiger partial charge in [0.25, 0.3) is 0 Å². The third kappa shape index (κ3) is 4.05. The van der Waals surface area contributed by atoms with Gasteiger partial charge in [-0.1, -0.05) is 23.8 Å². The fraction of sp³-hybridized carbons (Fsp3) is 0.273. The van der Waals surface area contributed by atoms with E-state index in [0.717, 1.165) is 16.8 Å². The molecule has 1 aliphatic heterocycles. The van der Waals surface area contributed by atoms with Gasteiger partial charge in [0.15, 0.2) is 16.6 Å². The van der Waals surface area contributed by atoms with Gasteiger partial charge >= 0.3 is 5.97 Å². The Labute approximate surface area is 175 Å². The molecule has 3 rings (SSSR count). The number of nitrogens with one attached hydrogen (secondary N) is 1. The second-order valence-corrected chi connectivity index (χ2v) is 7.09. The molecule has 2 N–H and O–H groups in total. The number of esters is 1. The van der Waals surface area contributed by atoms with Crippen molar-refractivity contribution in [2.24, 2.45) is 0 Å². The van der Waals surface area contributed by atoms with Crippen LogP contribution in [0.4, 0.5) is 5.69 Å². The van der Waals surface area contributed by atoms with E-state index in [-0.39, 0.29) is 12.4 Å². The lowest BCUT2D eigenvalue weighted by molar-refractivity contribution is -0.139. The van der Waals surface area contributed by atoms with E-state index < -0.39 is 12.0 Å². The van der Waals surface area contributed by atoms with E-state index >= 15 is 0 Å². The molecule has 152 valence electrons. The van der Waals surface area contributed by atoms with E-state index in [1.54, 1.807) is 19.1 Å². The van der Waals surface area contributed by atoms with Crippen molar-refractivity contribution in [1.29, 1.82) is 0 Å². The molecule has 2 aromatic carbocycles. The van der Waals surface area contributed by atoms with Crippen LogP contribution in [-0.4, -0.2) is 29.9 Å². The normalized spacial score (nSPS) is 16.5. The van der Waals surface area contributed by atoms with Crippen LogP contribution in [0.1, 0.15) is 31.0 Å². The molecule has 0 saturated carbocycles. The maximum absolute atomic E-state index is 12.9. The topological polar surface area (TPSA) is 71.0 Å². The Morgan fingerprint density at radius 2 is 1.90 bits per heavy atom. The van der Waals surface area contributed by atoms with Crippen molar-refractivity contribution in [3.05, 3.63) is 64.9 Å². The summed E-state index contributed by atoms with van der Waals surface area (Å²) in [6.07, 6.45) is 0. The Bertz CT molecular complexity index is 969. The number of benzene rings is 2. The highest BCUT2D eigenvalue weighted by atomic mass is 32.1. The van der Waals surface area contributed by atoms with Gasteiger partial charge in [0.1, 0.15) is 0 Å². The molecule has 0 spiro atoms. The van der Waals surface area contributed by atoms with E-state index in [2.05, 4.69) is 5.32 Å². The number of thiocarbonyl (C=S) groups is 1. The summed E-state index contributed by atoms with van der Waals surface area (Å²) in [7, 11) is 1.48.